The maximum absolute atomic E-state index is 12.5. The predicted molar refractivity (Wildman–Crippen MR) is 84.6 cm³/mol. The molecule has 2 N–H and O–H groups in total. The zero-order valence-electron chi connectivity index (χ0n) is 13.4. The number of imide groups is 1. The van der Waals surface area contributed by atoms with E-state index in [4.69, 9.17) is 0 Å². The highest BCUT2D eigenvalue weighted by atomic mass is 16.2. The number of nitrogens with one attached hydrogen (secondary N) is 2. The first-order valence-corrected chi connectivity index (χ1v) is 8.02. The highest BCUT2D eigenvalue weighted by Gasteiger charge is 2.38. The van der Waals surface area contributed by atoms with E-state index in [0.29, 0.717) is 31.5 Å². The van der Waals surface area contributed by atoms with Crippen molar-refractivity contribution in [3.8, 4) is 0 Å². The van der Waals surface area contributed by atoms with Gasteiger partial charge in [0.2, 0.25) is 17.7 Å². The van der Waals surface area contributed by atoms with Gasteiger partial charge in [-0.1, -0.05) is 19.1 Å². The lowest BCUT2D eigenvalue weighted by Crippen LogP contribution is -2.52. The standard InChI is InChI=1S/C17H19N3O4/c1-2-14(21)18-8-10-3-4-12-11(7-10)9-20(17(12)24)13-5-6-15(22)19-16(13)23/h3-4,7,13H,2,5-6,8-9H2,1H3,(H,18,21)(H,19,22,23). The summed E-state index contributed by atoms with van der Waals surface area (Å²) in [7, 11) is 0. The van der Waals surface area contributed by atoms with Crippen LogP contribution in [0.3, 0.4) is 0 Å². The number of carbonyl (C=O) groups excluding carboxylic acids is 4. The van der Waals surface area contributed by atoms with E-state index in [1.807, 2.05) is 6.07 Å². The van der Waals surface area contributed by atoms with Gasteiger partial charge in [-0.25, -0.2) is 0 Å². The number of hydrogen-bond acceptors (Lipinski definition) is 4. The number of amides is 4. The second-order valence-corrected chi connectivity index (χ2v) is 6.02. The molecule has 2 heterocycles. The Morgan fingerprint density at radius 1 is 1.33 bits per heavy atom. The molecule has 3 rings (SSSR count). The molecule has 0 saturated carbocycles. The molecular weight excluding hydrogens is 310 g/mol. The van der Waals surface area contributed by atoms with Gasteiger partial charge in [0.05, 0.1) is 0 Å². The van der Waals surface area contributed by atoms with Crippen molar-refractivity contribution in [2.24, 2.45) is 0 Å². The van der Waals surface area contributed by atoms with Gasteiger partial charge in [0, 0.05) is 31.5 Å². The summed E-state index contributed by atoms with van der Waals surface area (Å²) in [4.78, 5) is 48.7. The number of piperidine rings is 1. The second kappa shape index (κ2) is 6.43. The molecule has 7 heteroatoms. The first-order chi connectivity index (χ1) is 11.5. The minimum Gasteiger partial charge on any atom is -0.352 e. The normalized spacial score (nSPS) is 20.0. The lowest BCUT2D eigenvalue weighted by Gasteiger charge is -2.29. The highest BCUT2D eigenvalue weighted by Crippen LogP contribution is 2.28. The van der Waals surface area contributed by atoms with E-state index in [2.05, 4.69) is 10.6 Å². The van der Waals surface area contributed by atoms with Crippen LogP contribution in [0.1, 0.15) is 47.7 Å². The van der Waals surface area contributed by atoms with Gasteiger partial charge in [-0.05, 0) is 23.6 Å². The first-order valence-electron chi connectivity index (χ1n) is 8.02. The van der Waals surface area contributed by atoms with Gasteiger partial charge in [0.15, 0.2) is 0 Å². The largest absolute Gasteiger partial charge is 0.352 e. The van der Waals surface area contributed by atoms with E-state index < -0.39 is 11.9 Å². The van der Waals surface area contributed by atoms with Crippen molar-refractivity contribution in [3.63, 3.8) is 0 Å². The van der Waals surface area contributed by atoms with Gasteiger partial charge in [-0.2, -0.15) is 0 Å². The molecule has 24 heavy (non-hydrogen) atoms. The lowest BCUT2D eigenvalue weighted by molar-refractivity contribution is -0.137. The Morgan fingerprint density at radius 3 is 2.83 bits per heavy atom. The Kier molecular flexibility index (Phi) is 4.33. The molecule has 4 amide bonds. The molecule has 7 nitrogen and oxygen atoms in total. The quantitative estimate of drug-likeness (QED) is 0.785. The van der Waals surface area contributed by atoms with Crippen LogP contribution < -0.4 is 10.6 Å². The number of nitrogens with zero attached hydrogens (tertiary/aromatic N) is 1. The minimum atomic E-state index is -0.606. The van der Waals surface area contributed by atoms with E-state index in [9.17, 15) is 19.2 Å². The Balaban J connectivity index is 1.74. The summed E-state index contributed by atoms with van der Waals surface area (Å²) in [6, 6.07) is 4.82. The zero-order valence-corrected chi connectivity index (χ0v) is 13.4. The van der Waals surface area contributed by atoms with Crippen molar-refractivity contribution >= 4 is 23.6 Å². The highest BCUT2D eigenvalue weighted by molar-refractivity contribution is 6.05. The molecule has 0 spiro atoms. The van der Waals surface area contributed by atoms with Gasteiger partial charge in [0.1, 0.15) is 6.04 Å². The number of fused-ring (bicyclic) bond motifs is 1. The summed E-state index contributed by atoms with van der Waals surface area (Å²) in [5, 5.41) is 5.08. The molecule has 0 bridgehead atoms. The number of hydrogen-bond donors (Lipinski definition) is 2. The third-order valence-electron chi connectivity index (χ3n) is 4.40. The number of rotatable bonds is 4. The summed E-state index contributed by atoms with van der Waals surface area (Å²) in [5.41, 5.74) is 2.33. The Morgan fingerprint density at radius 2 is 2.12 bits per heavy atom. The molecule has 1 saturated heterocycles. The summed E-state index contributed by atoms with van der Waals surface area (Å²) in [6.07, 6.45) is 1.02. The fraction of sp³-hybridized carbons (Fsp3) is 0.412. The Labute approximate surface area is 139 Å². The van der Waals surface area contributed by atoms with Gasteiger partial charge < -0.3 is 10.2 Å². The Hall–Kier alpha value is -2.70. The van der Waals surface area contributed by atoms with E-state index in [1.54, 1.807) is 19.1 Å². The van der Waals surface area contributed by atoms with E-state index in [0.717, 1.165) is 11.1 Å². The average Bonchev–Trinajstić information content (AvgIpc) is 2.89. The fourth-order valence-electron chi connectivity index (χ4n) is 3.06. The number of benzene rings is 1. The van der Waals surface area contributed by atoms with E-state index >= 15 is 0 Å². The molecule has 1 aromatic rings. The molecule has 0 radical (unpaired) electrons. The first kappa shape index (κ1) is 16.2. The molecule has 1 fully saturated rings. The number of carbonyl (C=O) groups is 4. The minimum absolute atomic E-state index is 0.0308. The van der Waals surface area contributed by atoms with Crippen LogP contribution in [-0.2, 0) is 27.5 Å². The summed E-state index contributed by atoms with van der Waals surface area (Å²) in [5.74, 6) is -0.933. The third-order valence-corrected chi connectivity index (χ3v) is 4.40. The molecule has 126 valence electrons. The summed E-state index contributed by atoms with van der Waals surface area (Å²) >= 11 is 0. The fourth-order valence-corrected chi connectivity index (χ4v) is 3.06. The van der Waals surface area contributed by atoms with Crippen LogP contribution in [0.2, 0.25) is 0 Å². The van der Waals surface area contributed by atoms with Crippen LogP contribution in [0.25, 0.3) is 0 Å². The van der Waals surface area contributed by atoms with Crippen LogP contribution in [-0.4, -0.2) is 34.6 Å². The summed E-state index contributed by atoms with van der Waals surface area (Å²) in [6.45, 7) is 2.54. The maximum atomic E-state index is 12.5. The average molecular weight is 329 g/mol. The van der Waals surface area contributed by atoms with Crippen LogP contribution in [0.15, 0.2) is 18.2 Å². The third kappa shape index (κ3) is 3.02. The molecule has 1 aromatic carbocycles. The van der Waals surface area contributed by atoms with Gasteiger partial charge in [0.25, 0.3) is 5.91 Å². The lowest BCUT2D eigenvalue weighted by atomic mass is 10.0. The second-order valence-electron chi connectivity index (χ2n) is 6.02. The topological polar surface area (TPSA) is 95.6 Å². The Bertz CT molecular complexity index is 729. The molecule has 1 atom stereocenters. The van der Waals surface area contributed by atoms with Crippen molar-refractivity contribution in [1.29, 1.82) is 0 Å². The van der Waals surface area contributed by atoms with Gasteiger partial charge in [-0.3, -0.25) is 24.5 Å². The molecule has 0 aromatic heterocycles. The van der Waals surface area contributed by atoms with Crippen molar-refractivity contribution in [3.05, 3.63) is 34.9 Å². The van der Waals surface area contributed by atoms with Crippen LogP contribution in [0.4, 0.5) is 0 Å². The summed E-state index contributed by atoms with van der Waals surface area (Å²) < 4.78 is 0. The maximum Gasteiger partial charge on any atom is 0.255 e. The van der Waals surface area contributed by atoms with Crippen LogP contribution in [0, 0.1) is 0 Å². The van der Waals surface area contributed by atoms with Crippen LogP contribution >= 0.6 is 0 Å². The van der Waals surface area contributed by atoms with Crippen molar-refractivity contribution in [2.45, 2.75) is 45.3 Å². The predicted octanol–water partition coefficient (Wildman–Crippen LogP) is 0.474. The molecule has 0 aliphatic carbocycles. The van der Waals surface area contributed by atoms with E-state index in [-0.39, 0.29) is 24.1 Å². The van der Waals surface area contributed by atoms with Gasteiger partial charge in [-0.15, -0.1) is 0 Å². The monoisotopic (exact) mass is 329 g/mol. The molecule has 2 aliphatic rings. The van der Waals surface area contributed by atoms with E-state index in [1.165, 1.54) is 4.90 Å². The molecular formula is C17H19N3O4. The molecule has 2 aliphatic heterocycles. The van der Waals surface area contributed by atoms with Crippen molar-refractivity contribution < 1.29 is 19.2 Å². The van der Waals surface area contributed by atoms with Crippen LogP contribution in [0.5, 0.6) is 0 Å². The van der Waals surface area contributed by atoms with Crippen molar-refractivity contribution in [2.75, 3.05) is 0 Å². The SMILES string of the molecule is CCC(=O)NCc1ccc2c(c1)CN(C1CCC(=O)NC1=O)C2=O. The smallest absolute Gasteiger partial charge is 0.255 e. The van der Waals surface area contributed by atoms with Gasteiger partial charge >= 0.3 is 0 Å². The van der Waals surface area contributed by atoms with Crippen molar-refractivity contribution in [1.82, 2.24) is 15.5 Å². The zero-order chi connectivity index (χ0) is 17.3. The molecule has 1 unspecified atom stereocenters.